The molecule has 0 spiro atoms. The first kappa shape index (κ1) is 16.6. The van der Waals surface area contributed by atoms with E-state index in [-0.39, 0.29) is 5.78 Å². The summed E-state index contributed by atoms with van der Waals surface area (Å²) in [5, 5.41) is 0. The number of nitrogens with zero attached hydrogens (tertiary/aromatic N) is 1. The van der Waals surface area contributed by atoms with Crippen molar-refractivity contribution in [2.45, 2.75) is 25.8 Å². The largest absolute Gasteiger partial charge is 0.383 e. The lowest BCUT2D eigenvalue weighted by Crippen LogP contribution is -2.40. The quantitative estimate of drug-likeness (QED) is 0.585. The predicted molar refractivity (Wildman–Crippen MR) is 89.7 cm³/mol. The van der Waals surface area contributed by atoms with Crippen LogP contribution in [0.15, 0.2) is 13.6 Å². The molecule has 1 aliphatic carbocycles. The van der Waals surface area contributed by atoms with Gasteiger partial charge in [-0.05, 0) is 63.6 Å². The van der Waals surface area contributed by atoms with Crippen molar-refractivity contribution in [3.05, 3.63) is 19.2 Å². The molecule has 112 valence electrons. The second-order valence-electron chi connectivity index (χ2n) is 5.20. The Balaban J connectivity index is 2.02. The molecular weight excluding hydrogens is 406 g/mol. The van der Waals surface area contributed by atoms with Crippen LogP contribution < -0.4 is 0 Å². The number of ether oxygens (including phenoxy) is 1. The number of hydrogen-bond acceptors (Lipinski definition) is 4. The number of thiophene rings is 1. The minimum absolute atomic E-state index is 0.169. The first-order valence-corrected chi connectivity index (χ1v) is 9.14. The fourth-order valence-electron chi connectivity index (χ4n) is 2.31. The molecule has 1 atom stereocenters. The fraction of sp³-hybridized carbons (Fsp3) is 0.643. The molecule has 6 heteroatoms. The molecule has 1 aromatic heterocycles. The Bertz CT molecular complexity index is 474. The van der Waals surface area contributed by atoms with Crippen LogP contribution in [0.1, 0.15) is 30.1 Å². The number of carbonyl (C=O) groups is 1. The summed E-state index contributed by atoms with van der Waals surface area (Å²) in [6.07, 6.45) is 2.57. The van der Waals surface area contributed by atoms with E-state index in [9.17, 15) is 4.79 Å². The lowest BCUT2D eigenvalue weighted by Gasteiger charge is -2.28. The second kappa shape index (κ2) is 7.49. The highest BCUT2D eigenvalue weighted by atomic mass is 79.9. The molecular formula is C14H19Br2NO2S. The minimum atomic E-state index is 0.169. The molecule has 0 radical (unpaired) electrons. The summed E-state index contributed by atoms with van der Waals surface area (Å²) in [5.74, 6) is 0.916. The summed E-state index contributed by atoms with van der Waals surface area (Å²) in [4.78, 5) is 14.7. The Morgan fingerprint density at radius 2 is 2.25 bits per heavy atom. The normalized spacial score (nSPS) is 16.6. The minimum Gasteiger partial charge on any atom is -0.383 e. The van der Waals surface area contributed by atoms with Crippen LogP contribution in [0.5, 0.6) is 0 Å². The van der Waals surface area contributed by atoms with E-state index < -0.39 is 0 Å². The van der Waals surface area contributed by atoms with Crippen LogP contribution in [0.4, 0.5) is 0 Å². The van der Waals surface area contributed by atoms with Gasteiger partial charge in [0.25, 0.3) is 0 Å². The maximum atomic E-state index is 12.5. The average molecular weight is 425 g/mol. The number of halogens is 2. The van der Waals surface area contributed by atoms with Gasteiger partial charge in [0.2, 0.25) is 0 Å². The maximum absolute atomic E-state index is 12.5. The van der Waals surface area contributed by atoms with Gasteiger partial charge in [0.1, 0.15) is 0 Å². The molecule has 0 aromatic carbocycles. The van der Waals surface area contributed by atoms with Crippen LogP contribution in [0, 0.1) is 5.92 Å². The summed E-state index contributed by atoms with van der Waals surface area (Å²) in [6.45, 7) is 4.16. The van der Waals surface area contributed by atoms with Crippen LogP contribution >= 0.6 is 43.2 Å². The molecule has 1 saturated carbocycles. The Labute approximate surface area is 140 Å². The number of ketones is 1. The van der Waals surface area contributed by atoms with E-state index >= 15 is 0 Å². The van der Waals surface area contributed by atoms with Gasteiger partial charge in [-0.25, -0.2) is 0 Å². The summed E-state index contributed by atoms with van der Waals surface area (Å²) < 4.78 is 7.05. The zero-order valence-electron chi connectivity index (χ0n) is 11.7. The van der Waals surface area contributed by atoms with Crippen molar-refractivity contribution < 1.29 is 9.53 Å². The Morgan fingerprint density at radius 3 is 2.75 bits per heavy atom. The van der Waals surface area contributed by atoms with Crippen LogP contribution in [0.2, 0.25) is 0 Å². The highest BCUT2D eigenvalue weighted by Crippen LogP contribution is 2.36. The molecule has 0 saturated heterocycles. The van der Waals surface area contributed by atoms with Gasteiger partial charge < -0.3 is 4.74 Å². The van der Waals surface area contributed by atoms with E-state index in [1.165, 1.54) is 24.2 Å². The average Bonchev–Trinajstić information content (AvgIpc) is 3.19. The van der Waals surface area contributed by atoms with Gasteiger partial charge in [-0.15, -0.1) is 11.3 Å². The Kier molecular flexibility index (Phi) is 6.23. The second-order valence-corrected chi connectivity index (χ2v) is 8.95. The molecule has 0 aliphatic heterocycles. The smallest absolute Gasteiger partial charge is 0.178 e. The Morgan fingerprint density at radius 1 is 1.55 bits per heavy atom. The highest BCUT2D eigenvalue weighted by molar-refractivity contribution is 9.12. The van der Waals surface area contributed by atoms with Crippen molar-refractivity contribution >= 4 is 49.0 Å². The SMILES string of the molecule is COCCN(CC(=O)c1cc(Br)sc1Br)C(C)C1CC1. The van der Waals surface area contributed by atoms with Crippen molar-refractivity contribution in [2.24, 2.45) is 5.92 Å². The van der Waals surface area contributed by atoms with Crippen molar-refractivity contribution in [2.75, 3.05) is 26.8 Å². The molecule has 1 aliphatic rings. The molecule has 1 unspecified atom stereocenters. The third-order valence-electron chi connectivity index (χ3n) is 3.77. The van der Waals surface area contributed by atoms with E-state index in [4.69, 9.17) is 4.74 Å². The molecule has 1 aromatic rings. The van der Waals surface area contributed by atoms with Gasteiger partial charge in [-0.3, -0.25) is 9.69 Å². The van der Waals surface area contributed by atoms with E-state index in [0.29, 0.717) is 19.2 Å². The molecule has 0 N–H and O–H groups in total. The first-order valence-electron chi connectivity index (χ1n) is 6.74. The summed E-state index contributed by atoms with van der Waals surface area (Å²) in [6, 6.07) is 2.35. The fourth-order valence-corrected chi connectivity index (χ4v) is 5.17. The van der Waals surface area contributed by atoms with E-state index in [2.05, 4.69) is 43.7 Å². The lowest BCUT2D eigenvalue weighted by atomic mass is 10.1. The van der Waals surface area contributed by atoms with Gasteiger partial charge in [-0.2, -0.15) is 0 Å². The van der Waals surface area contributed by atoms with Gasteiger partial charge in [0, 0.05) is 25.3 Å². The van der Waals surface area contributed by atoms with Crippen molar-refractivity contribution in [1.82, 2.24) is 4.90 Å². The molecule has 0 bridgehead atoms. The molecule has 1 heterocycles. The molecule has 3 nitrogen and oxygen atoms in total. The number of Topliss-reactive ketones (excluding diaryl/α,β-unsaturated/α-hetero) is 1. The molecule has 20 heavy (non-hydrogen) atoms. The molecule has 0 amide bonds. The van der Waals surface area contributed by atoms with E-state index in [0.717, 1.165) is 25.6 Å². The standard InChI is InChI=1S/C14H19Br2NO2S/c1-9(10-3-4-10)17(5-6-19-2)8-12(18)11-7-13(15)20-14(11)16/h7,9-10H,3-6,8H2,1-2H3. The van der Waals surface area contributed by atoms with Crippen LogP contribution in [-0.4, -0.2) is 43.5 Å². The van der Waals surface area contributed by atoms with E-state index in [1.807, 2.05) is 6.07 Å². The van der Waals surface area contributed by atoms with Gasteiger partial charge in [0.05, 0.1) is 20.7 Å². The lowest BCUT2D eigenvalue weighted by molar-refractivity contribution is 0.0816. The first-order chi connectivity index (χ1) is 9.52. The summed E-state index contributed by atoms with van der Waals surface area (Å²) in [7, 11) is 1.70. The summed E-state index contributed by atoms with van der Waals surface area (Å²) in [5.41, 5.74) is 0.771. The van der Waals surface area contributed by atoms with Crippen LogP contribution in [-0.2, 0) is 4.74 Å². The van der Waals surface area contributed by atoms with Crippen molar-refractivity contribution in [1.29, 1.82) is 0 Å². The van der Waals surface area contributed by atoms with Gasteiger partial charge >= 0.3 is 0 Å². The monoisotopic (exact) mass is 423 g/mol. The van der Waals surface area contributed by atoms with Gasteiger partial charge in [0.15, 0.2) is 5.78 Å². The Hall–Kier alpha value is 0.250. The number of hydrogen-bond donors (Lipinski definition) is 0. The molecule has 1 fully saturated rings. The number of rotatable bonds is 8. The maximum Gasteiger partial charge on any atom is 0.178 e. The highest BCUT2D eigenvalue weighted by Gasteiger charge is 2.33. The van der Waals surface area contributed by atoms with E-state index in [1.54, 1.807) is 7.11 Å². The number of carbonyl (C=O) groups excluding carboxylic acids is 1. The third kappa shape index (κ3) is 4.37. The topological polar surface area (TPSA) is 29.5 Å². The van der Waals surface area contributed by atoms with Crippen molar-refractivity contribution in [3.8, 4) is 0 Å². The van der Waals surface area contributed by atoms with Crippen molar-refractivity contribution in [3.63, 3.8) is 0 Å². The zero-order chi connectivity index (χ0) is 14.7. The number of methoxy groups -OCH3 is 1. The van der Waals surface area contributed by atoms with Crippen LogP contribution in [0.3, 0.4) is 0 Å². The third-order valence-corrected chi connectivity index (χ3v) is 6.11. The molecule has 2 rings (SSSR count). The zero-order valence-corrected chi connectivity index (χ0v) is 15.7. The van der Waals surface area contributed by atoms with Gasteiger partial charge in [-0.1, -0.05) is 0 Å². The van der Waals surface area contributed by atoms with Crippen LogP contribution in [0.25, 0.3) is 0 Å². The predicted octanol–water partition coefficient (Wildman–Crippen LogP) is 4.20. The summed E-state index contributed by atoms with van der Waals surface area (Å²) >= 11 is 8.43.